The SMILES string of the molecule is CC(Cc1nc2ccccc2s1)NC(=O)C1CCCNC1.Cl.Cl. The summed E-state index contributed by atoms with van der Waals surface area (Å²) in [7, 11) is 0. The fourth-order valence-electron chi connectivity index (χ4n) is 2.76. The average molecular weight is 376 g/mol. The minimum atomic E-state index is 0. The smallest absolute Gasteiger partial charge is 0.224 e. The zero-order chi connectivity index (χ0) is 14.7. The van der Waals surface area contributed by atoms with Crippen molar-refractivity contribution in [2.45, 2.75) is 32.2 Å². The van der Waals surface area contributed by atoms with E-state index in [1.54, 1.807) is 11.3 Å². The van der Waals surface area contributed by atoms with E-state index in [1.165, 1.54) is 4.70 Å². The van der Waals surface area contributed by atoms with Gasteiger partial charge >= 0.3 is 0 Å². The Bertz CT molecular complexity index is 596. The van der Waals surface area contributed by atoms with Gasteiger partial charge in [0, 0.05) is 19.0 Å². The molecule has 2 atom stereocenters. The maximum Gasteiger partial charge on any atom is 0.224 e. The summed E-state index contributed by atoms with van der Waals surface area (Å²) in [6.07, 6.45) is 2.88. The first-order chi connectivity index (χ1) is 10.2. The molecule has 0 saturated carbocycles. The van der Waals surface area contributed by atoms with Gasteiger partial charge in [0.25, 0.3) is 0 Å². The Labute approximate surface area is 153 Å². The molecule has 3 rings (SSSR count). The highest BCUT2D eigenvalue weighted by Gasteiger charge is 2.22. The second kappa shape index (κ2) is 9.42. The van der Waals surface area contributed by atoms with Gasteiger partial charge in [-0.3, -0.25) is 4.79 Å². The van der Waals surface area contributed by atoms with Crippen LogP contribution in [0.2, 0.25) is 0 Å². The number of nitrogens with one attached hydrogen (secondary N) is 2. The highest BCUT2D eigenvalue weighted by molar-refractivity contribution is 7.18. The van der Waals surface area contributed by atoms with E-state index in [4.69, 9.17) is 0 Å². The largest absolute Gasteiger partial charge is 0.353 e. The first-order valence-corrected chi connectivity index (χ1v) is 8.39. The van der Waals surface area contributed by atoms with E-state index in [2.05, 4.69) is 28.6 Å². The van der Waals surface area contributed by atoms with Crippen molar-refractivity contribution < 1.29 is 4.79 Å². The van der Waals surface area contributed by atoms with Gasteiger partial charge in [0.2, 0.25) is 5.91 Å². The van der Waals surface area contributed by atoms with Gasteiger partial charge in [-0.1, -0.05) is 12.1 Å². The van der Waals surface area contributed by atoms with Crippen LogP contribution in [0, 0.1) is 5.92 Å². The van der Waals surface area contributed by atoms with Gasteiger partial charge in [-0.15, -0.1) is 36.2 Å². The first kappa shape index (κ1) is 20.2. The molecule has 1 aromatic carbocycles. The molecule has 1 fully saturated rings. The molecule has 1 aromatic heterocycles. The summed E-state index contributed by atoms with van der Waals surface area (Å²) in [5.74, 6) is 0.298. The van der Waals surface area contributed by atoms with Gasteiger partial charge in [-0.2, -0.15) is 0 Å². The monoisotopic (exact) mass is 375 g/mol. The van der Waals surface area contributed by atoms with Crippen molar-refractivity contribution in [2.24, 2.45) is 5.92 Å². The molecule has 2 aromatic rings. The van der Waals surface area contributed by atoms with Gasteiger partial charge in [0.15, 0.2) is 0 Å². The molecule has 0 aliphatic carbocycles. The Morgan fingerprint density at radius 2 is 2.22 bits per heavy atom. The Morgan fingerprint density at radius 3 is 2.91 bits per heavy atom. The summed E-state index contributed by atoms with van der Waals surface area (Å²) in [5.41, 5.74) is 1.05. The van der Waals surface area contributed by atoms with Crippen LogP contribution in [0.4, 0.5) is 0 Å². The Morgan fingerprint density at radius 1 is 1.43 bits per heavy atom. The van der Waals surface area contributed by atoms with E-state index in [1.807, 2.05) is 18.2 Å². The van der Waals surface area contributed by atoms with Gasteiger partial charge in [0.1, 0.15) is 0 Å². The van der Waals surface area contributed by atoms with Crippen LogP contribution in [-0.4, -0.2) is 30.0 Å². The normalized spacial score (nSPS) is 18.6. The van der Waals surface area contributed by atoms with E-state index in [0.717, 1.165) is 42.9 Å². The molecule has 7 heteroatoms. The summed E-state index contributed by atoms with van der Waals surface area (Å²) < 4.78 is 1.21. The number of hydrogen-bond acceptors (Lipinski definition) is 4. The number of carbonyl (C=O) groups is 1. The summed E-state index contributed by atoms with van der Waals surface area (Å²) >= 11 is 1.71. The number of hydrogen-bond donors (Lipinski definition) is 2. The number of amides is 1. The summed E-state index contributed by atoms with van der Waals surface area (Å²) in [6, 6.07) is 8.29. The molecular weight excluding hydrogens is 353 g/mol. The Balaban J connectivity index is 0.00000132. The number of para-hydroxylation sites is 1. The number of benzene rings is 1. The zero-order valence-electron chi connectivity index (χ0n) is 13.1. The quantitative estimate of drug-likeness (QED) is 0.862. The number of thiazole rings is 1. The molecule has 0 spiro atoms. The standard InChI is InChI=1S/C16H21N3OS.2ClH/c1-11(18-16(20)12-5-4-8-17-10-12)9-15-19-13-6-2-3-7-14(13)21-15;;/h2-3,6-7,11-12,17H,4-5,8-10H2,1H3,(H,18,20);2*1H. The van der Waals surface area contributed by atoms with Crippen LogP contribution >= 0.6 is 36.2 Å². The van der Waals surface area contributed by atoms with Crippen molar-refractivity contribution in [1.29, 1.82) is 0 Å². The van der Waals surface area contributed by atoms with Crippen LogP contribution in [0.25, 0.3) is 10.2 Å². The van der Waals surface area contributed by atoms with Gasteiger partial charge in [-0.25, -0.2) is 4.98 Å². The maximum absolute atomic E-state index is 12.2. The summed E-state index contributed by atoms with van der Waals surface area (Å²) in [6.45, 7) is 3.89. The fraction of sp³-hybridized carbons (Fsp3) is 0.500. The van der Waals surface area contributed by atoms with Crippen molar-refractivity contribution in [2.75, 3.05) is 13.1 Å². The van der Waals surface area contributed by atoms with Crippen LogP contribution < -0.4 is 10.6 Å². The number of piperidine rings is 1. The lowest BCUT2D eigenvalue weighted by Crippen LogP contribution is -2.44. The third kappa shape index (κ3) is 5.31. The molecule has 0 bridgehead atoms. The highest BCUT2D eigenvalue weighted by atomic mass is 35.5. The third-order valence-electron chi connectivity index (χ3n) is 3.88. The molecule has 1 amide bonds. The lowest BCUT2D eigenvalue weighted by Gasteiger charge is -2.23. The van der Waals surface area contributed by atoms with Crippen LogP contribution in [0.15, 0.2) is 24.3 Å². The van der Waals surface area contributed by atoms with Crippen molar-refractivity contribution in [3.05, 3.63) is 29.3 Å². The lowest BCUT2D eigenvalue weighted by molar-refractivity contribution is -0.126. The molecule has 2 heterocycles. The molecular formula is C16H23Cl2N3OS. The number of fused-ring (bicyclic) bond motifs is 1. The second-order valence-corrected chi connectivity index (χ2v) is 6.85. The van der Waals surface area contributed by atoms with Crippen molar-refractivity contribution >= 4 is 52.3 Å². The maximum atomic E-state index is 12.2. The molecule has 2 N–H and O–H groups in total. The summed E-state index contributed by atoms with van der Waals surface area (Å²) in [5, 5.41) is 7.50. The summed E-state index contributed by atoms with van der Waals surface area (Å²) in [4.78, 5) is 16.8. The molecule has 1 aliphatic heterocycles. The Kier molecular flexibility index (Phi) is 8.26. The van der Waals surface area contributed by atoms with Crippen LogP contribution in [0.5, 0.6) is 0 Å². The van der Waals surface area contributed by atoms with E-state index in [0.29, 0.717) is 0 Å². The van der Waals surface area contributed by atoms with Crippen molar-refractivity contribution in [1.82, 2.24) is 15.6 Å². The first-order valence-electron chi connectivity index (χ1n) is 7.58. The van der Waals surface area contributed by atoms with Crippen molar-refractivity contribution in [3.8, 4) is 0 Å². The number of nitrogens with zero attached hydrogens (tertiary/aromatic N) is 1. The predicted molar refractivity (Wildman–Crippen MR) is 101 cm³/mol. The highest BCUT2D eigenvalue weighted by Crippen LogP contribution is 2.22. The van der Waals surface area contributed by atoms with E-state index in [9.17, 15) is 4.79 Å². The van der Waals surface area contributed by atoms with Gasteiger partial charge in [0.05, 0.1) is 21.1 Å². The third-order valence-corrected chi connectivity index (χ3v) is 4.93. The number of aromatic nitrogens is 1. The second-order valence-electron chi connectivity index (χ2n) is 5.73. The number of carbonyl (C=O) groups excluding carboxylic acids is 1. The average Bonchev–Trinajstić information content (AvgIpc) is 2.90. The molecule has 0 radical (unpaired) electrons. The predicted octanol–water partition coefficient (Wildman–Crippen LogP) is 3.19. The van der Waals surface area contributed by atoms with Crippen LogP contribution in [0.3, 0.4) is 0 Å². The Hall–Kier alpha value is -0.880. The van der Waals surface area contributed by atoms with Crippen LogP contribution in [-0.2, 0) is 11.2 Å². The molecule has 1 saturated heterocycles. The molecule has 2 unspecified atom stereocenters. The van der Waals surface area contributed by atoms with E-state index in [-0.39, 0.29) is 42.7 Å². The number of halogens is 2. The minimum absolute atomic E-state index is 0. The zero-order valence-corrected chi connectivity index (χ0v) is 15.5. The minimum Gasteiger partial charge on any atom is -0.353 e. The lowest BCUT2D eigenvalue weighted by atomic mass is 9.98. The molecule has 128 valence electrons. The van der Waals surface area contributed by atoms with Crippen LogP contribution in [0.1, 0.15) is 24.8 Å². The molecule has 1 aliphatic rings. The number of rotatable bonds is 4. The molecule has 4 nitrogen and oxygen atoms in total. The molecule has 23 heavy (non-hydrogen) atoms. The van der Waals surface area contributed by atoms with E-state index >= 15 is 0 Å². The van der Waals surface area contributed by atoms with Crippen molar-refractivity contribution in [3.63, 3.8) is 0 Å². The fourth-order valence-corrected chi connectivity index (χ4v) is 3.85. The van der Waals surface area contributed by atoms with Gasteiger partial charge in [-0.05, 0) is 38.4 Å². The van der Waals surface area contributed by atoms with Gasteiger partial charge < -0.3 is 10.6 Å². The topological polar surface area (TPSA) is 54.0 Å². The van der Waals surface area contributed by atoms with E-state index < -0.39 is 0 Å².